The molecule has 0 fully saturated rings. The van der Waals surface area contributed by atoms with E-state index >= 15 is 0 Å². The average molecular weight is 293 g/mol. The first-order chi connectivity index (χ1) is 8.67. The highest BCUT2D eigenvalue weighted by Crippen LogP contribution is 2.22. The van der Waals surface area contributed by atoms with E-state index in [-0.39, 0.29) is 12.1 Å². The maximum atomic E-state index is 13.6. The van der Waals surface area contributed by atoms with Crippen molar-refractivity contribution < 1.29 is 27.1 Å². The van der Waals surface area contributed by atoms with Crippen LogP contribution in [-0.2, 0) is 14.8 Å². The molecule has 0 aromatic heterocycles. The highest BCUT2D eigenvalue weighted by Gasteiger charge is 2.27. The lowest BCUT2D eigenvalue weighted by Crippen LogP contribution is -2.30. The monoisotopic (exact) mass is 293 g/mol. The fourth-order valence-electron chi connectivity index (χ4n) is 1.37. The van der Waals surface area contributed by atoms with Gasteiger partial charge in [0.1, 0.15) is 4.90 Å². The van der Waals surface area contributed by atoms with E-state index in [0.29, 0.717) is 4.31 Å². The summed E-state index contributed by atoms with van der Waals surface area (Å²) >= 11 is 0. The Morgan fingerprint density at radius 2 is 1.89 bits per heavy atom. The van der Waals surface area contributed by atoms with E-state index in [1.807, 2.05) is 0 Å². The van der Waals surface area contributed by atoms with E-state index in [9.17, 15) is 22.0 Å². The Balaban J connectivity index is 3.14. The van der Waals surface area contributed by atoms with Gasteiger partial charge in [-0.05, 0) is 18.6 Å². The summed E-state index contributed by atoms with van der Waals surface area (Å²) in [6, 6.07) is 2.11. The highest BCUT2D eigenvalue weighted by molar-refractivity contribution is 7.89. The molecule has 0 aliphatic rings. The number of carboxylic acid groups (broad SMARTS) is 1. The third kappa shape index (κ3) is 3.27. The van der Waals surface area contributed by atoms with Gasteiger partial charge in [0, 0.05) is 13.6 Å². The fourth-order valence-corrected chi connectivity index (χ4v) is 2.59. The van der Waals surface area contributed by atoms with Gasteiger partial charge in [0.15, 0.2) is 11.6 Å². The van der Waals surface area contributed by atoms with Gasteiger partial charge >= 0.3 is 5.97 Å². The minimum Gasteiger partial charge on any atom is -0.481 e. The smallest absolute Gasteiger partial charge is 0.304 e. The van der Waals surface area contributed by atoms with Crippen molar-refractivity contribution in [2.75, 3.05) is 13.6 Å². The van der Waals surface area contributed by atoms with Crippen molar-refractivity contribution in [3.05, 3.63) is 29.3 Å². The third-order valence-electron chi connectivity index (χ3n) is 2.57. The minimum atomic E-state index is -4.25. The Hall–Kier alpha value is -1.54. The Kier molecular flexibility index (Phi) is 4.59. The lowest BCUT2D eigenvalue weighted by Gasteiger charge is -2.17. The first kappa shape index (κ1) is 15.5. The molecule has 19 heavy (non-hydrogen) atoms. The maximum Gasteiger partial charge on any atom is 0.304 e. The first-order valence-electron chi connectivity index (χ1n) is 5.30. The number of benzene rings is 1. The molecule has 0 unspecified atom stereocenters. The summed E-state index contributed by atoms with van der Waals surface area (Å²) in [5.41, 5.74) is -0.00959. The van der Waals surface area contributed by atoms with Crippen LogP contribution in [0.4, 0.5) is 8.78 Å². The van der Waals surface area contributed by atoms with Gasteiger partial charge < -0.3 is 5.11 Å². The molecule has 106 valence electrons. The second-order valence-corrected chi connectivity index (χ2v) is 5.99. The van der Waals surface area contributed by atoms with Crippen molar-refractivity contribution in [1.82, 2.24) is 4.31 Å². The summed E-state index contributed by atoms with van der Waals surface area (Å²) in [7, 11) is -3.14. The van der Waals surface area contributed by atoms with Crippen molar-refractivity contribution in [2.24, 2.45) is 0 Å². The molecular weight excluding hydrogens is 280 g/mol. The molecule has 0 radical (unpaired) electrons. The van der Waals surface area contributed by atoms with Gasteiger partial charge in [-0.15, -0.1) is 0 Å². The minimum absolute atomic E-state index is 0.00959. The normalized spacial score (nSPS) is 11.8. The lowest BCUT2D eigenvalue weighted by atomic mass is 10.2. The SMILES string of the molecule is Cc1ccc(S(=O)(=O)N(C)CCC(=O)O)c(F)c1F. The molecule has 0 saturated carbocycles. The zero-order valence-corrected chi connectivity index (χ0v) is 11.2. The van der Waals surface area contributed by atoms with Gasteiger partial charge in [-0.1, -0.05) is 6.07 Å². The Labute approximate surface area is 109 Å². The maximum absolute atomic E-state index is 13.6. The average Bonchev–Trinajstić information content (AvgIpc) is 2.32. The van der Waals surface area contributed by atoms with E-state index in [0.717, 1.165) is 19.2 Å². The van der Waals surface area contributed by atoms with Crippen LogP contribution in [-0.4, -0.2) is 37.4 Å². The number of rotatable bonds is 5. The number of hydrogen-bond acceptors (Lipinski definition) is 3. The summed E-state index contributed by atoms with van der Waals surface area (Å²) in [6.45, 7) is 0.982. The summed E-state index contributed by atoms with van der Waals surface area (Å²) in [4.78, 5) is 9.58. The molecule has 1 N–H and O–H groups in total. The quantitative estimate of drug-likeness (QED) is 0.889. The van der Waals surface area contributed by atoms with Crippen LogP contribution in [0.25, 0.3) is 0 Å². The van der Waals surface area contributed by atoms with Crippen LogP contribution in [0.3, 0.4) is 0 Å². The highest BCUT2D eigenvalue weighted by atomic mass is 32.2. The second kappa shape index (κ2) is 5.62. The van der Waals surface area contributed by atoms with Gasteiger partial charge in [-0.25, -0.2) is 21.5 Å². The zero-order valence-electron chi connectivity index (χ0n) is 10.4. The van der Waals surface area contributed by atoms with Crippen LogP contribution in [0.5, 0.6) is 0 Å². The summed E-state index contributed by atoms with van der Waals surface area (Å²) < 4.78 is 51.6. The third-order valence-corrected chi connectivity index (χ3v) is 4.44. The number of halogens is 2. The number of carbonyl (C=O) groups is 1. The van der Waals surface area contributed by atoms with Gasteiger partial charge in [0.05, 0.1) is 6.42 Å². The molecule has 0 aliphatic carbocycles. The molecule has 1 aromatic carbocycles. The van der Waals surface area contributed by atoms with E-state index in [4.69, 9.17) is 5.11 Å². The fraction of sp³-hybridized carbons (Fsp3) is 0.364. The van der Waals surface area contributed by atoms with E-state index in [2.05, 4.69) is 0 Å². The number of hydrogen-bond donors (Lipinski definition) is 1. The van der Waals surface area contributed by atoms with Crippen LogP contribution >= 0.6 is 0 Å². The van der Waals surface area contributed by atoms with Gasteiger partial charge in [-0.2, -0.15) is 0 Å². The standard InChI is InChI=1S/C11H13F2NO4S/c1-7-3-4-8(11(13)10(7)12)19(17,18)14(2)6-5-9(15)16/h3-4H,5-6H2,1-2H3,(H,15,16). The molecule has 0 atom stereocenters. The Morgan fingerprint density at radius 1 is 1.32 bits per heavy atom. The van der Waals surface area contributed by atoms with Gasteiger partial charge in [-0.3, -0.25) is 4.79 Å². The molecule has 0 bridgehead atoms. The zero-order chi connectivity index (χ0) is 14.8. The molecule has 0 saturated heterocycles. The predicted molar refractivity (Wildman–Crippen MR) is 63.2 cm³/mol. The predicted octanol–water partition coefficient (Wildman–Crippen LogP) is 1.37. The van der Waals surface area contributed by atoms with Crippen molar-refractivity contribution in [1.29, 1.82) is 0 Å². The molecule has 8 heteroatoms. The molecule has 0 amide bonds. The Morgan fingerprint density at radius 3 is 2.42 bits per heavy atom. The number of aliphatic carboxylic acids is 1. The number of sulfonamides is 1. The molecule has 1 aromatic rings. The lowest BCUT2D eigenvalue weighted by molar-refractivity contribution is -0.137. The second-order valence-electron chi connectivity index (χ2n) is 3.98. The summed E-state index contributed by atoms with van der Waals surface area (Å²) in [5.74, 6) is -3.87. The van der Waals surface area contributed by atoms with Crippen molar-refractivity contribution >= 4 is 16.0 Å². The molecule has 0 aliphatic heterocycles. The molecule has 0 spiro atoms. The number of nitrogens with zero attached hydrogens (tertiary/aromatic N) is 1. The van der Waals surface area contributed by atoms with Crippen LogP contribution in [0.2, 0.25) is 0 Å². The van der Waals surface area contributed by atoms with Gasteiger partial charge in [0.25, 0.3) is 0 Å². The molecule has 1 rings (SSSR count). The largest absolute Gasteiger partial charge is 0.481 e. The van der Waals surface area contributed by atoms with Crippen molar-refractivity contribution in [3.8, 4) is 0 Å². The van der Waals surface area contributed by atoms with Crippen LogP contribution in [0.15, 0.2) is 17.0 Å². The Bertz CT molecular complexity index is 601. The van der Waals surface area contributed by atoms with Crippen LogP contribution < -0.4 is 0 Å². The molecule has 5 nitrogen and oxygen atoms in total. The topological polar surface area (TPSA) is 74.7 Å². The molecule has 0 heterocycles. The van der Waals surface area contributed by atoms with E-state index < -0.39 is 38.9 Å². The van der Waals surface area contributed by atoms with Gasteiger partial charge in [0.2, 0.25) is 10.0 Å². The first-order valence-corrected chi connectivity index (χ1v) is 6.74. The van der Waals surface area contributed by atoms with Crippen molar-refractivity contribution in [2.45, 2.75) is 18.2 Å². The summed E-state index contributed by atoms with van der Waals surface area (Å²) in [6.07, 6.45) is -0.425. The number of aryl methyl sites for hydroxylation is 1. The van der Waals surface area contributed by atoms with Crippen LogP contribution in [0.1, 0.15) is 12.0 Å². The van der Waals surface area contributed by atoms with Crippen LogP contribution in [0, 0.1) is 18.6 Å². The molecular formula is C11H13F2NO4S. The number of carboxylic acids is 1. The van der Waals surface area contributed by atoms with Crippen molar-refractivity contribution in [3.63, 3.8) is 0 Å². The van der Waals surface area contributed by atoms with E-state index in [1.54, 1.807) is 0 Å². The summed E-state index contributed by atoms with van der Waals surface area (Å²) in [5, 5.41) is 8.48. The van der Waals surface area contributed by atoms with E-state index in [1.165, 1.54) is 6.92 Å².